The Morgan fingerprint density at radius 3 is 2.74 bits per heavy atom. The molecule has 0 spiro atoms. The number of aryl methyl sites for hydroxylation is 1. The van der Waals surface area contributed by atoms with Gasteiger partial charge in [0.2, 0.25) is 0 Å². The summed E-state index contributed by atoms with van der Waals surface area (Å²) in [6.07, 6.45) is 10.9. The molecule has 19 heavy (non-hydrogen) atoms. The van der Waals surface area contributed by atoms with Gasteiger partial charge in [0.15, 0.2) is 0 Å². The largest absolute Gasteiger partial charge is 0.302 e. The van der Waals surface area contributed by atoms with Crippen LogP contribution in [0.1, 0.15) is 11.1 Å². The van der Waals surface area contributed by atoms with Crippen molar-refractivity contribution in [3.63, 3.8) is 0 Å². The standard InChI is InChI=1S/C14H21N5/c1-4-6-19-12-14(9-16-19)10-17(2)7-5-13-8-15-18(3)11-13/h4,8-9,11-12H,1,5-7,10H2,2-3H3. The molecule has 2 rings (SSSR count). The molecule has 0 saturated heterocycles. The van der Waals surface area contributed by atoms with Gasteiger partial charge in [0, 0.05) is 38.1 Å². The van der Waals surface area contributed by atoms with E-state index in [9.17, 15) is 0 Å². The molecule has 0 amide bonds. The summed E-state index contributed by atoms with van der Waals surface area (Å²) in [5, 5.41) is 8.46. The van der Waals surface area contributed by atoms with Crippen molar-refractivity contribution in [1.82, 2.24) is 24.5 Å². The van der Waals surface area contributed by atoms with Crippen molar-refractivity contribution < 1.29 is 0 Å². The molecule has 5 nitrogen and oxygen atoms in total. The van der Waals surface area contributed by atoms with Crippen LogP contribution in [-0.4, -0.2) is 38.1 Å². The number of rotatable bonds is 7. The minimum Gasteiger partial charge on any atom is -0.302 e. The van der Waals surface area contributed by atoms with E-state index in [0.717, 1.165) is 26.1 Å². The maximum atomic E-state index is 4.29. The Labute approximate surface area is 114 Å². The van der Waals surface area contributed by atoms with E-state index in [1.54, 1.807) is 0 Å². The van der Waals surface area contributed by atoms with Crippen molar-refractivity contribution in [2.24, 2.45) is 7.05 Å². The SMILES string of the molecule is C=CCn1cc(CN(C)CCc2cnn(C)c2)cn1. The lowest BCUT2D eigenvalue weighted by Crippen LogP contribution is -2.20. The van der Waals surface area contributed by atoms with E-state index in [4.69, 9.17) is 0 Å². The van der Waals surface area contributed by atoms with E-state index >= 15 is 0 Å². The van der Waals surface area contributed by atoms with Gasteiger partial charge in [-0.15, -0.1) is 6.58 Å². The molecular formula is C14H21N5. The fraction of sp³-hybridized carbons (Fsp3) is 0.429. The number of hydrogen-bond acceptors (Lipinski definition) is 3. The van der Waals surface area contributed by atoms with Crippen LogP contribution in [-0.2, 0) is 26.6 Å². The highest BCUT2D eigenvalue weighted by molar-refractivity contribution is 5.06. The lowest BCUT2D eigenvalue weighted by molar-refractivity contribution is 0.331. The van der Waals surface area contributed by atoms with Gasteiger partial charge in [-0.25, -0.2) is 0 Å². The van der Waals surface area contributed by atoms with Gasteiger partial charge >= 0.3 is 0 Å². The average Bonchev–Trinajstić information content (AvgIpc) is 2.97. The van der Waals surface area contributed by atoms with Crippen LogP contribution < -0.4 is 0 Å². The molecule has 0 radical (unpaired) electrons. The van der Waals surface area contributed by atoms with Gasteiger partial charge in [0.25, 0.3) is 0 Å². The third-order valence-corrected chi connectivity index (χ3v) is 3.00. The maximum absolute atomic E-state index is 4.29. The van der Waals surface area contributed by atoms with E-state index in [0.29, 0.717) is 0 Å². The Balaban J connectivity index is 1.79. The Morgan fingerprint density at radius 1 is 1.26 bits per heavy atom. The highest BCUT2D eigenvalue weighted by atomic mass is 15.3. The maximum Gasteiger partial charge on any atom is 0.0587 e. The zero-order valence-electron chi connectivity index (χ0n) is 11.7. The molecule has 2 aromatic rings. The van der Waals surface area contributed by atoms with Crippen molar-refractivity contribution in [2.45, 2.75) is 19.5 Å². The Hall–Kier alpha value is -1.88. The molecule has 0 bridgehead atoms. The van der Waals surface area contributed by atoms with Crippen LogP contribution in [0.25, 0.3) is 0 Å². The third kappa shape index (κ3) is 4.06. The summed E-state index contributed by atoms with van der Waals surface area (Å²) in [5.74, 6) is 0. The predicted octanol–water partition coefficient (Wildman–Crippen LogP) is 1.48. The summed E-state index contributed by atoms with van der Waals surface area (Å²) in [7, 11) is 4.07. The molecule has 0 aliphatic rings. The summed E-state index contributed by atoms with van der Waals surface area (Å²) in [4.78, 5) is 2.29. The van der Waals surface area contributed by atoms with E-state index in [-0.39, 0.29) is 0 Å². The second kappa shape index (κ2) is 6.33. The summed E-state index contributed by atoms with van der Waals surface area (Å²) in [6, 6.07) is 0. The van der Waals surface area contributed by atoms with Crippen LogP contribution >= 0.6 is 0 Å². The first kappa shape index (κ1) is 13.5. The molecule has 0 aliphatic heterocycles. The van der Waals surface area contributed by atoms with Crippen LogP contribution in [0.15, 0.2) is 37.4 Å². The number of nitrogens with zero attached hydrogens (tertiary/aromatic N) is 5. The van der Waals surface area contributed by atoms with Gasteiger partial charge in [-0.05, 0) is 19.0 Å². The van der Waals surface area contributed by atoms with Crippen molar-refractivity contribution >= 4 is 0 Å². The Kier molecular flexibility index (Phi) is 4.52. The Bertz CT molecular complexity index is 525. The lowest BCUT2D eigenvalue weighted by Gasteiger charge is -2.14. The number of likely N-dealkylation sites (N-methyl/N-ethyl adjacent to an activating group) is 1. The van der Waals surface area contributed by atoms with Crippen molar-refractivity contribution in [1.29, 1.82) is 0 Å². The topological polar surface area (TPSA) is 38.9 Å². The molecule has 0 unspecified atom stereocenters. The minimum atomic E-state index is 0.763. The molecule has 102 valence electrons. The zero-order chi connectivity index (χ0) is 13.7. The van der Waals surface area contributed by atoms with Crippen LogP contribution in [0, 0.1) is 0 Å². The molecule has 2 heterocycles. The average molecular weight is 259 g/mol. The first-order chi connectivity index (χ1) is 9.17. The van der Waals surface area contributed by atoms with Crippen LogP contribution in [0.4, 0.5) is 0 Å². The van der Waals surface area contributed by atoms with Gasteiger partial charge in [0.05, 0.1) is 18.9 Å². The highest BCUT2D eigenvalue weighted by Crippen LogP contribution is 2.04. The quantitative estimate of drug-likeness (QED) is 0.707. The molecule has 0 aromatic carbocycles. The van der Waals surface area contributed by atoms with E-state index in [2.05, 4.69) is 41.1 Å². The molecular weight excluding hydrogens is 238 g/mol. The number of allylic oxidation sites excluding steroid dienone is 1. The molecule has 2 aromatic heterocycles. The Morgan fingerprint density at radius 2 is 2.05 bits per heavy atom. The smallest absolute Gasteiger partial charge is 0.0587 e. The predicted molar refractivity (Wildman–Crippen MR) is 75.7 cm³/mol. The molecule has 0 N–H and O–H groups in total. The molecule has 0 aliphatic carbocycles. The normalized spacial score (nSPS) is 11.1. The van der Waals surface area contributed by atoms with Crippen LogP contribution in [0.5, 0.6) is 0 Å². The number of aromatic nitrogens is 4. The molecule has 0 atom stereocenters. The third-order valence-electron chi connectivity index (χ3n) is 3.00. The summed E-state index contributed by atoms with van der Waals surface area (Å²) in [5.41, 5.74) is 2.51. The summed E-state index contributed by atoms with van der Waals surface area (Å²) < 4.78 is 3.74. The first-order valence-corrected chi connectivity index (χ1v) is 6.45. The summed E-state index contributed by atoms with van der Waals surface area (Å²) in [6.45, 7) is 6.40. The van der Waals surface area contributed by atoms with Gasteiger partial charge in [-0.1, -0.05) is 6.08 Å². The van der Waals surface area contributed by atoms with Crippen molar-refractivity contribution in [2.75, 3.05) is 13.6 Å². The fourth-order valence-electron chi connectivity index (χ4n) is 2.03. The van der Waals surface area contributed by atoms with Gasteiger partial charge < -0.3 is 4.90 Å². The van der Waals surface area contributed by atoms with Gasteiger partial charge in [0.1, 0.15) is 0 Å². The second-order valence-corrected chi connectivity index (χ2v) is 4.87. The summed E-state index contributed by atoms with van der Waals surface area (Å²) >= 11 is 0. The zero-order valence-corrected chi connectivity index (χ0v) is 11.7. The van der Waals surface area contributed by atoms with E-state index in [1.165, 1.54) is 11.1 Å². The van der Waals surface area contributed by atoms with Crippen LogP contribution in [0.2, 0.25) is 0 Å². The molecule has 0 saturated carbocycles. The first-order valence-electron chi connectivity index (χ1n) is 6.45. The fourth-order valence-corrected chi connectivity index (χ4v) is 2.03. The second-order valence-electron chi connectivity index (χ2n) is 4.87. The van der Waals surface area contributed by atoms with Crippen molar-refractivity contribution in [3.8, 4) is 0 Å². The van der Waals surface area contributed by atoms with Gasteiger partial charge in [-0.2, -0.15) is 10.2 Å². The highest BCUT2D eigenvalue weighted by Gasteiger charge is 2.04. The lowest BCUT2D eigenvalue weighted by atomic mass is 10.2. The molecule has 0 fully saturated rings. The van der Waals surface area contributed by atoms with Gasteiger partial charge in [-0.3, -0.25) is 9.36 Å². The van der Waals surface area contributed by atoms with Crippen LogP contribution in [0.3, 0.4) is 0 Å². The van der Waals surface area contributed by atoms with E-state index in [1.807, 2.05) is 34.9 Å². The monoisotopic (exact) mass is 259 g/mol. The van der Waals surface area contributed by atoms with E-state index < -0.39 is 0 Å². The van der Waals surface area contributed by atoms with Crippen molar-refractivity contribution in [3.05, 3.63) is 48.6 Å². The minimum absolute atomic E-state index is 0.763. The number of hydrogen-bond donors (Lipinski definition) is 0. The molecule has 5 heteroatoms.